The summed E-state index contributed by atoms with van der Waals surface area (Å²) < 4.78 is 0. The molecule has 1 fully saturated rings. The Labute approximate surface area is 162 Å². The fourth-order valence-corrected chi connectivity index (χ4v) is 3.82. The first-order valence-corrected chi connectivity index (χ1v) is 8.52. The number of aromatic carboxylic acids is 1. The summed E-state index contributed by atoms with van der Waals surface area (Å²) in [5.41, 5.74) is -0.233. The largest absolute Gasteiger partial charge is 0.504 e. The number of carbonyl (C=O) groups is 1. The molecule has 28 heavy (non-hydrogen) atoms. The number of aromatic hydroxyl groups is 3. The van der Waals surface area contributed by atoms with Crippen molar-refractivity contribution in [2.24, 2.45) is 20.8 Å². The summed E-state index contributed by atoms with van der Waals surface area (Å²) in [5.74, 6) is -3.33. The van der Waals surface area contributed by atoms with E-state index in [4.69, 9.17) is 20.4 Å². The first kappa shape index (κ1) is 22.9. The van der Waals surface area contributed by atoms with Crippen molar-refractivity contribution in [3.05, 3.63) is 17.7 Å². The van der Waals surface area contributed by atoms with Crippen molar-refractivity contribution >= 4 is 18.1 Å². The minimum atomic E-state index is -1.29. The minimum absolute atomic E-state index is 0.00750. The number of carboxylic acid groups (broad SMARTS) is 1. The van der Waals surface area contributed by atoms with Crippen LogP contribution in [0.1, 0.15) is 50.4 Å². The molecular formula is C19H24N2O7. The Hall–Kier alpha value is -3.15. The van der Waals surface area contributed by atoms with E-state index >= 15 is 0 Å². The summed E-state index contributed by atoms with van der Waals surface area (Å²) in [5, 5.41) is 35.0. The average molecular weight is 392 g/mol. The third-order valence-electron chi connectivity index (χ3n) is 4.50. The van der Waals surface area contributed by atoms with Crippen LogP contribution in [0.5, 0.6) is 17.2 Å². The molecule has 1 saturated carbocycles. The van der Waals surface area contributed by atoms with Gasteiger partial charge >= 0.3 is 5.97 Å². The molecule has 1 aromatic rings. The zero-order valence-corrected chi connectivity index (χ0v) is 16.0. The second-order valence-electron chi connectivity index (χ2n) is 8.01. The van der Waals surface area contributed by atoms with Gasteiger partial charge in [0.05, 0.1) is 18.2 Å². The monoisotopic (exact) mass is 392 g/mol. The standard InChI is InChI=1S/C12H18N2O2.C7H6O5/c1-11(2)4-10(14-9-16)5-12(3,6-11)7-13-8-15;8-4-1-3(7(11)12)2-5(9)6(4)10/h10H,4-7H2,1-3H3;1-2,8-10H,(H,11,12). The molecule has 152 valence electrons. The molecule has 0 saturated heterocycles. The van der Waals surface area contributed by atoms with Crippen LogP contribution in [0.2, 0.25) is 0 Å². The second-order valence-corrected chi connectivity index (χ2v) is 8.01. The smallest absolute Gasteiger partial charge is 0.335 e. The normalized spacial score (nSPS) is 22.6. The van der Waals surface area contributed by atoms with Crippen molar-refractivity contribution in [3.8, 4) is 17.2 Å². The van der Waals surface area contributed by atoms with E-state index in [1.54, 1.807) is 12.2 Å². The zero-order chi connectivity index (χ0) is 21.5. The van der Waals surface area contributed by atoms with Crippen LogP contribution in [0.3, 0.4) is 0 Å². The van der Waals surface area contributed by atoms with Crippen molar-refractivity contribution in [3.63, 3.8) is 0 Å². The fourth-order valence-electron chi connectivity index (χ4n) is 3.82. The van der Waals surface area contributed by atoms with Gasteiger partial charge in [-0.3, -0.25) is 0 Å². The van der Waals surface area contributed by atoms with Gasteiger partial charge in [0.15, 0.2) is 17.2 Å². The average Bonchev–Trinajstić information content (AvgIpc) is 2.56. The Morgan fingerprint density at radius 2 is 1.68 bits per heavy atom. The van der Waals surface area contributed by atoms with E-state index in [0.717, 1.165) is 31.4 Å². The third-order valence-corrected chi connectivity index (χ3v) is 4.50. The van der Waals surface area contributed by atoms with Crippen LogP contribution in [0.4, 0.5) is 0 Å². The third kappa shape index (κ3) is 6.54. The number of nitrogens with zero attached hydrogens (tertiary/aromatic N) is 2. The van der Waals surface area contributed by atoms with Gasteiger partial charge in [0, 0.05) is 0 Å². The quantitative estimate of drug-likeness (QED) is 0.348. The summed E-state index contributed by atoms with van der Waals surface area (Å²) in [7, 11) is 0. The van der Waals surface area contributed by atoms with Crippen LogP contribution >= 0.6 is 0 Å². The summed E-state index contributed by atoms with van der Waals surface area (Å²) >= 11 is 0. The number of hydrogen-bond donors (Lipinski definition) is 4. The molecule has 1 aromatic carbocycles. The highest BCUT2D eigenvalue weighted by atomic mass is 16.4. The predicted molar refractivity (Wildman–Crippen MR) is 99.0 cm³/mol. The molecule has 4 N–H and O–H groups in total. The fraction of sp³-hybridized carbons (Fsp3) is 0.526. The van der Waals surface area contributed by atoms with Crippen LogP contribution in [-0.2, 0) is 9.59 Å². The lowest BCUT2D eigenvalue weighted by Gasteiger charge is -2.44. The Balaban J connectivity index is 0.000000292. The van der Waals surface area contributed by atoms with E-state index in [0.29, 0.717) is 6.54 Å². The second kappa shape index (κ2) is 9.17. The van der Waals surface area contributed by atoms with E-state index in [1.165, 1.54) is 0 Å². The van der Waals surface area contributed by atoms with Gasteiger partial charge in [-0.15, -0.1) is 0 Å². The van der Waals surface area contributed by atoms with Crippen LogP contribution < -0.4 is 0 Å². The highest BCUT2D eigenvalue weighted by Gasteiger charge is 2.41. The van der Waals surface area contributed by atoms with E-state index in [9.17, 15) is 14.4 Å². The zero-order valence-electron chi connectivity index (χ0n) is 16.0. The molecule has 0 aliphatic heterocycles. The molecule has 0 aromatic heterocycles. The molecule has 0 amide bonds. The Kier molecular flexibility index (Phi) is 7.50. The Bertz CT molecular complexity index is 801. The molecule has 1 aliphatic rings. The van der Waals surface area contributed by atoms with Gasteiger partial charge in [0.25, 0.3) is 0 Å². The molecule has 0 radical (unpaired) electrons. The van der Waals surface area contributed by atoms with Gasteiger partial charge in [0.1, 0.15) is 0 Å². The molecular weight excluding hydrogens is 368 g/mol. The number of carboxylic acids is 1. The molecule has 2 atom stereocenters. The molecule has 2 rings (SSSR count). The molecule has 0 bridgehead atoms. The van der Waals surface area contributed by atoms with Crippen LogP contribution in [-0.4, -0.2) is 51.1 Å². The summed E-state index contributed by atoms with van der Waals surface area (Å²) in [4.78, 5) is 38.3. The van der Waals surface area contributed by atoms with Gasteiger partial charge in [-0.05, 0) is 42.2 Å². The Morgan fingerprint density at radius 3 is 2.14 bits per heavy atom. The van der Waals surface area contributed by atoms with E-state index in [1.807, 2.05) is 0 Å². The number of rotatable bonds is 4. The lowest BCUT2D eigenvalue weighted by molar-refractivity contribution is 0.0695. The summed E-state index contributed by atoms with van der Waals surface area (Å²) in [6, 6.07) is 1.70. The van der Waals surface area contributed by atoms with Gasteiger partial charge in [-0.1, -0.05) is 20.8 Å². The number of isocyanates is 2. The number of carbonyl (C=O) groups excluding carboxylic acids is 2. The van der Waals surface area contributed by atoms with Crippen molar-refractivity contribution < 1.29 is 34.8 Å². The Morgan fingerprint density at radius 1 is 1.11 bits per heavy atom. The van der Waals surface area contributed by atoms with Gasteiger partial charge in [-0.2, -0.15) is 0 Å². The summed E-state index contributed by atoms with van der Waals surface area (Å²) in [6.45, 7) is 6.86. The maximum Gasteiger partial charge on any atom is 0.335 e. The maximum atomic E-state index is 10.3. The van der Waals surface area contributed by atoms with E-state index in [-0.39, 0.29) is 22.4 Å². The van der Waals surface area contributed by atoms with Gasteiger partial charge < -0.3 is 20.4 Å². The topological polar surface area (TPSA) is 157 Å². The van der Waals surface area contributed by atoms with Gasteiger partial charge in [-0.25, -0.2) is 24.4 Å². The molecule has 0 spiro atoms. The molecule has 0 heterocycles. The predicted octanol–water partition coefficient (Wildman–Crippen LogP) is 2.74. The minimum Gasteiger partial charge on any atom is -0.504 e. The number of phenols is 3. The van der Waals surface area contributed by atoms with E-state index in [2.05, 4.69) is 30.8 Å². The van der Waals surface area contributed by atoms with Crippen molar-refractivity contribution in [2.75, 3.05) is 6.54 Å². The van der Waals surface area contributed by atoms with Crippen molar-refractivity contribution in [1.82, 2.24) is 0 Å². The van der Waals surface area contributed by atoms with Crippen LogP contribution in [0.25, 0.3) is 0 Å². The molecule has 9 nitrogen and oxygen atoms in total. The molecule has 9 heteroatoms. The van der Waals surface area contributed by atoms with Crippen LogP contribution in [0, 0.1) is 10.8 Å². The lowest BCUT2D eigenvalue weighted by atomic mass is 9.63. The first-order chi connectivity index (χ1) is 12.9. The number of hydrogen-bond acceptors (Lipinski definition) is 8. The lowest BCUT2D eigenvalue weighted by Crippen LogP contribution is -2.39. The molecule has 2 unspecified atom stereocenters. The first-order valence-electron chi connectivity index (χ1n) is 8.52. The highest BCUT2D eigenvalue weighted by molar-refractivity contribution is 5.89. The number of benzene rings is 1. The van der Waals surface area contributed by atoms with E-state index < -0.39 is 23.2 Å². The maximum absolute atomic E-state index is 10.3. The summed E-state index contributed by atoms with van der Waals surface area (Å²) in [6.07, 6.45) is 5.88. The van der Waals surface area contributed by atoms with Crippen LogP contribution in [0.15, 0.2) is 22.1 Å². The van der Waals surface area contributed by atoms with Crippen molar-refractivity contribution in [1.29, 1.82) is 0 Å². The number of phenolic OH excluding ortho intramolecular Hbond substituents is 3. The number of aliphatic imine (C=N–C) groups is 2. The van der Waals surface area contributed by atoms with Crippen molar-refractivity contribution in [2.45, 2.75) is 46.1 Å². The van der Waals surface area contributed by atoms with Gasteiger partial charge in [0.2, 0.25) is 12.2 Å². The highest BCUT2D eigenvalue weighted by Crippen LogP contribution is 2.47. The SMILES string of the molecule is CC1(C)CC(N=C=O)CC(C)(CN=C=O)C1.O=C(O)c1cc(O)c(O)c(O)c1. The molecule has 1 aliphatic carbocycles.